The summed E-state index contributed by atoms with van der Waals surface area (Å²) in [6, 6.07) is 11.6. The van der Waals surface area contributed by atoms with E-state index in [2.05, 4.69) is 10.6 Å². The first-order valence-corrected chi connectivity index (χ1v) is 8.58. The molecule has 2 amide bonds. The summed E-state index contributed by atoms with van der Waals surface area (Å²) in [7, 11) is 1.75. The summed E-state index contributed by atoms with van der Waals surface area (Å²) in [5.41, 5.74) is 1.09. The fourth-order valence-corrected chi connectivity index (χ4v) is 2.60. The molecule has 0 aliphatic carbocycles. The lowest BCUT2D eigenvalue weighted by atomic mass is 10.3. The van der Waals surface area contributed by atoms with Crippen molar-refractivity contribution < 1.29 is 14.5 Å². The van der Waals surface area contributed by atoms with Crippen LogP contribution in [-0.2, 0) is 9.59 Å². The van der Waals surface area contributed by atoms with Gasteiger partial charge >= 0.3 is 0 Å². The quantitative estimate of drug-likeness (QED) is 0.697. The molecule has 0 aromatic heterocycles. The number of rotatable bonds is 6. The number of benzene rings is 2. The van der Waals surface area contributed by atoms with E-state index in [0.717, 1.165) is 4.90 Å². The van der Waals surface area contributed by atoms with Crippen LogP contribution in [0.25, 0.3) is 0 Å². The van der Waals surface area contributed by atoms with E-state index in [1.807, 2.05) is 0 Å². The predicted octanol–water partition coefficient (Wildman–Crippen LogP) is 2.74. The Morgan fingerprint density at radius 3 is 2.08 bits per heavy atom. The van der Waals surface area contributed by atoms with Crippen molar-refractivity contribution in [1.82, 2.24) is 0 Å². The Morgan fingerprint density at radius 2 is 1.44 bits per heavy atom. The van der Waals surface area contributed by atoms with E-state index in [1.165, 1.54) is 0 Å². The Hall–Kier alpha value is -1.79. The first-order chi connectivity index (χ1) is 11.8. The number of likely N-dealkylation sites (N-methyl/N-ethyl adjacent to an activating group) is 1. The third-order valence-electron chi connectivity index (χ3n) is 3.26. The fraction of sp³-hybridized carbons (Fsp3) is 0.176. The molecule has 2 aromatic carbocycles. The average Bonchev–Trinajstić information content (AvgIpc) is 2.52. The second-order valence-corrected chi connectivity index (χ2v) is 6.82. The van der Waals surface area contributed by atoms with E-state index >= 15 is 0 Å². The Morgan fingerprint density at radius 1 is 0.880 bits per heavy atom. The van der Waals surface area contributed by atoms with Gasteiger partial charge in [-0.05, 0) is 42.5 Å². The van der Waals surface area contributed by atoms with Gasteiger partial charge in [-0.2, -0.15) is 0 Å². The monoisotopic (exact) mass is 400 g/mol. The topological polar surface area (TPSA) is 62.6 Å². The molecule has 0 bridgehead atoms. The van der Waals surface area contributed by atoms with E-state index in [-0.39, 0.29) is 24.9 Å². The number of nitrogens with one attached hydrogen (secondary N) is 3. The second-order valence-electron chi connectivity index (χ2n) is 5.54. The van der Waals surface area contributed by atoms with Gasteiger partial charge in [0.1, 0.15) is 0 Å². The number of hydrogen-bond donors (Lipinski definition) is 3. The minimum absolute atomic E-state index is 0.108. The van der Waals surface area contributed by atoms with Crippen molar-refractivity contribution in [1.29, 1.82) is 0 Å². The Balaban J connectivity index is 1.83. The van der Waals surface area contributed by atoms with Crippen LogP contribution in [-0.4, -0.2) is 32.0 Å². The number of anilines is 2. The van der Waals surface area contributed by atoms with Crippen molar-refractivity contribution in [3.8, 4) is 0 Å². The van der Waals surface area contributed by atoms with Crippen molar-refractivity contribution in [2.45, 2.75) is 0 Å². The molecular weight excluding hydrogens is 385 g/mol. The molecule has 2 rings (SSSR count). The molecule has 3 N–H and O–H groups in total. The number of halogens is 3. The molecular formula is C17H17Cl3N3O2+. The van der Waals surface area contributed by atoms with E-state index in [0.29, 0.717) is 26.4 Å². The number of amides is 2. The second kappa shape index (κ2) is 9.06. The molecule has 0 aliphatic heterocycles. The third-order valence-corrected chi connectivity index (χ3v) is 4.07. The Kier molecular flexibility index (Phi) is 7.08. The van der Waals surface area contributed by atoms with Gasteiger partial charge in [0.25, 0.3) is 11.8 Å². The highest BCUT2D eigenvalue weighted by Crippen LogP contribution is 2.25. The van der Waals surface area contributed by atoms with Gasteiger partial charge in [0.2, 0.25) is 0 Å². The maximum absolute atomic E-state index is 12.1. The van der Waals surface area contributed by atoms with Crippen LogP contribution in [0.15, 0.2) is 42.5 Å². The average molecular weight is 402 g/mol. The van der Waals surface area contributed by atoms with Gasteiger partial charge in [0.15, 0.2) is 13.1 Å². The smallest absolute Gasteiger partial charge is 0.279 e. The molecule has 0 saturated heterocycles. The molecule has 0 heterocycles. The predicted molar refractivity (Wildman–Crippen MR) is 102 cm³/mol. The Bertz CT molecular complexity index is 766. The highest BCUT2D eigenvalue weighted by atomic mass is 35.5. The van der Waals surface area contributed by atoms with E-state index in [4.69, 9.17) is 34.8 Å². The van der Waals surface area contributed by atoms with Crippen LogP contribution in [0.1, 0.15) is 0 Å². The zero-order valence-electron chi connectivity index (χ0n) is 13.4. The van der Waals surface area contributed by atoms with E-state index in [9.17, 15) is 9.59 Å². The van der Waals surface area contributed by atoms with Crippen LogP contribution in [0.2, 0.25) is 15.1 Å². The Labute approximate surface area is 160 Å². The van der Waals surface area contributed by atoms with Gasteiger partial charge < -0.3 is 15.5 Å². The third kappa shape index (κ3) is 6.55. The summed E-state index contributed by atoms with van der Waals surface area (Å²) in [5, 5.41) is 6.91. The lowest BCUT2D eigenvalue weighted by Gasteiger charge is -2.14. The standard InChI is InChI=1S/C17H16Cl3N3O2/c1-23(9-16(24)21-13-5-2-11(18)3-6-13)10-17(25)22-15-8-12(19)4-7-14(15)20/h2-8H,9-10H2,1H3,(H,21,24)(H,22,25)/p+1. The van der Waals surface area contributed by atoms with Crippen LogP contribution < -0.4 is 15.5 Å². The molecule has 5 nitrogen and oxygen atoms in total. The summed E-state index contributed by atoms with van der Waals surface area (Å²) >= 11 is 17.7. The molecule has 132 valence electrons. The van der Waals surface area contributed by atoms with Crippen LogP contribution >= 0.6 is 34.8 Å². The molecule has 2 aromatic rings. The van der Waals surface area contributed by atoms with Gasteiger partial charge in [-0.15, -0.1) is 0 Å². The lowest BCUT2D eigenvalue weighted by Crippen LogP contribution is -3.11. The van der Waals surface area contributed by atoms with Gasteiger partial charge in [-0.1, -0.05) is 34.8 Å². The van der Waals surface area contributed by atoms with Crippen molar-refractivity contribution in [2.24, 2.45) is 0 Å². The minimum Gasteiger partial charge on any atom is -0.322 e. The normalized spacial score (nSPS) is 11.7. The number of quaternary nitrogens is 1. The molecule has 0 fully saturated rings. The minimum atomic E-state index is -0.263. The van der Waals surface area contributed by atoms with Gasteiger partial charge in [-0.25, -0.2) is 0 Å². The molecule has 25 heavy (non-hydrogen) atoms. The summed E-state index contributed by atoms with van der Waals surface area (Å²) in [4.78, 5) is 24.8. The highest BCUT2D eigenvalue weighted by Gasteiger charge is 2.15. The maximum atomic E-state index is 12.1. The van der Waals surface area contributed by atoms with Gasteiger partial charge in [0.05, 0.1) is 17.8 Å². The molecule has 0 aliphatic rings. The lowest BCUT2D eigenvalue weighted by molar-refractivity contribution is -0.862. The molecule has 0 radical (unpaired) electrons. The molecule has 1 unspecified atom stereocenters. The summed E-state index contributed by atoms with van der Waals surface area (Å²) in [6.07, 6.45) is 0. The molecule has 0 spiro atoms. The van der Waals surface area contributed by atoms with Crippen LogP contribution in [0.3, 0.4) is 0 Å². The largest absolute Gasteiger partial charge is 0.322 e. The van der Waals surface area contributed by atoms with Crippen LogP contribution in [0.5, 0.6) is 0 Å². The highest BCUT2D eigenvalue weighted by molar-refractivity contribution is 6.35. The zero-order valence-corrected chi connectivity index (χ0v) is 15.7. The van der Waals surface area contributed by atoms with Crippen molar-refractivity contribution in [3.63, 3.8) is 0 Å². The SMILES string of the molecule is C[NH+](CC(=O)Nc1ccc(Cl)cc1)CC(=O)Nc1cc(Cl)ccc1Cl. The fourth-order valence-electron chi connectivity index (χ4n) is 2.14. The van der Waals surface area contributed by atoms with Gasteiger partial charge in [0, 0.05) is 15.7 Å². The first-order valence-electron chi connectivity index (χ1n) is 7.45. The molecule has 1 atom stereocenters. The van der Waals surface area contributed by atoms with Crippen LogP contribution in [0, 0.1) is 0 Å². The van der Waals surface area contributed by atoms with E-state index in [1.54, 1.807) is 49.5 Å². The first kappa shape index (κ1) is 19.5. The maximum Gasteiger partial charge on any atom is 0.279 e. The van der Waals surface area contributed by atoms with Crippen molar-refractivity contribution >= 4 is 58.0 Å². The summed E-state index contributed by atoms with van der Waals surface area (Å²) < 4.78 is 0. The number of carbonyl (C=O) groups is 2. The van der Waals surface area contributed by atoms with Crippen LogP contribution in [0.4, 0.5) is 11.4 Å². The van der Waals surface area contributed by atoms with Crippen molar-refractivity contribution in [2.75, 3.05) is 30.8 Å². The molecule has 0 saturated carbocycles. The zero-order chi connectivity index (χ0) is 18.4. The number of carbonyl (C=O) groups excluding carboxylic acids is 2. The number of hydrogen-bond acceptors (Lipinski definition) is 2. The molecule has 8 heteroatoms. The van der Waals surface area contributed by atoms with Crippen molar-refractivity contribution in [3.05, 3.63) is 57.5 Å². The summed E-state index contributed by atoms with van der Waals surface area (Å²) in [5.74, 6) is -0.464. The van der Waals surface area contributed by atoms with Gasteiger partial charge in [-0.3, -0.25) is 9.59 Å². The van der Waals surface area contributed by atoms with E-state index < -0.39 is 0 Å². The summed E-state index contributed by atoms with van der Waals surface area (Å²) in [6.45, 7) is 0.246.